The van der Waals surface area contributed by atoms with Gasteiger partial charge in [-0.05, 0) is 6.07 Å². The van der Waals surface area contributed by atoms with Gasteiger partial charge in [0.2, 0.25) is 0 Å². The first-order chi connectivity index (χ1) is 8.20. The maximum absolute atomic E-state index is 6.00. The number of nitrogens with two attached hydrogens (primary N) is 1. The molecule has 0 fully saturated rings. The van der Waals surface area contributed by atoms with E-state index in [4.69, 9.17) is 22.1 Å². The Kier molecular flexibility index (Phi) is 3.65. The smallest absolute Gasteiger partial charge is 0.317 e. The molecule has 0 saturated heterocycles. The molecule has 17 heavy (non-hydrogen) atoms. The zero-order valence-electron chi connectivity index (χ0n) is 8.92. The Labute approximate surface area is 107 Å². The van der Waals surface area contributed by atoms with Crippen molar-refractivity contribution >= 4 is 29.1 Å². The van der Waals surface area contributed by atoms with Gasteiger partial charge in [0.25, 0.3) is 0 Å². The molecule has 7 heteroatoms. The lowest BCUT2D eigenvalue weighted by molar-refractivity contribution is 0.376. The molecule has 88 valence electrons. The quantitative estimate of drug-likeness (QED) is 0.861. The first-order valence-corrected chi connectivity index (χ1v) is 5.84. The summed E-state index contributed by atoms with van der Waals surface area (Å²) in [4.78, 5) is 12.8. The molecule has 0 unspecified atom stereocenters. The van der Waals surface area contributed by atoms with E-state index in [1.165, 1.54) is 25.1 Å². The third-order valence-corrected chi connectivity index (χ3v) is 3.37. The summed E-state index contributed by atoms with van der Waals surface area (Å²) in [5.74, 6) is 0. The highest BCUT2D eigenvalue weighted by atomic mass is 35.5. The third kappa shape index (κ3) is 2.78. The monoisotopic (exact) mass is 268 g/mol. The normalized spacial score (nSPS) is 10.2. The molecule has 2 aromatic heterocycles. The molecule has 5 nitrogen and oxygen atoms in total. The van der Waals surface area contributed by atoms with Crippen LogP contribution in [0.15, 0.2) is 34.6 Å². The van der Waals surface area contributed by atoms with E-state index in [-0.39, 0.29) is 6.01 Å². The molecule has 2 rings (SSSR count). The van der Waals surface area contributed by atoms with Crippen molar-refractivity contribution in [2.24, 2.45) is 0 Å². The third-order valence-electron chi connectivity index (χ3n) is 1.89. The number of ether oxygens (including phenoxy) is 1. The first kappa shape index (κ1) is 11.9. The van der Waals surface area contributed by atoms with Crippen LogP contribution in [0, 0.1) is 0 Å². The SMILES string of the molecule is COc1ncc(Cl)c(Sc2ccncc2N)n1. The molecular formula is C10H9ClN4OS. The highest BCUT2D eigenvalue weighted by Crippen LogP contribution is 2.34. The molecule has 0 bridgehead atoms. The molecule has 0 aliphatic heterocycles. The number of hydrogen-bond acceptors (Lipinski definition) is 6. The molecule has 2 aromatic rings. The van der Waals surface area contributed by atoms with Crippen molar-refractivity contribution in [1.29, 1.82) is 0 Å². The lowest BCUT2D eigenvalue weighted by Gasteiger charge is -2.06. The molecule has 0 radical (unpaired) electrons. The summed E-state index contributed by atoms with van der Waals surface area (Å²) in [7, 11) is 1.50. The molecule has 0 spiro atoms. The van der Waals surface area contributed by atoms with E-state index >= 15 is 0 Å². The summed E-state index contributed by atoms with van der Waals surface area (Å²) in [5, 5.41) is 1.04. The van der Waals surface area contributed by atoms with Crippen LogP contribution >= 0.6 is 23.4 Å². The van der Waals surface area contributed by atoms with E-state index in [1.54, 1.807) is 18.5 Å². The van der Waals surface area contributed by atoms with Crippen LogP contribution in [-0.2, 0) is 0 Å². The number of aromatic nitrogens is 3. The largest absolute Gasteiger partial charge is 0.467 e. The van der Waals surface area contributed by atoms with Gasteiger partial charge in [0, 0.05) is 11.1 Å². The standard InChI is InChI=1S/C10H9ClN4OS/c1-16-10-14-4-6(11)9(15-10)17-8-2-3-13-5-7(8)12/h2-5H,12H2,1H3. The van der Waals surface area contributed by atoms with Crippen LogP contribution in [0.5, 0.6) is 6.01 Å². The predicted molar refractivity (Wildman–Crippen MR) is 66.4 cm³/mol. The molecule has 0 atom stereocenters. The molecule has 2 N–H and O–H groups in total. The number of methoxy groups -OCH3 is 1. The predicted octanol–water partition coefficient (Wildman–Crippen LogP) is 2.27. The zero-order chi connectivity index (χ0) is 12.3. The van der Waals surface area contributed by atoms with Gasteiger partial charge in [0.1, 0.15) is 5.03 Å². The van der Waals surface area contributed by atoms with Gasteiger partial charge < -0.3 is 10.5 Å². The maximum atomic E-state index is 6.00. The van der Waals surface area contributed by atoms with Gasteiger partial charge in [-0.15, -0.1) is 0 Å². The maximum Gasteiger partial charge on any atom is 0.317 e. The second kappa shape index (κ2) is 5.20. The first-order valence-electron chi connectivity index (χ1n) is 4.64. The van der Waals surface area contributed by atoms with Crippen molar-refractivity contribution in [3.8, 4) is 6.01 Å². The summed E-state index contributed by atoms with van der Waals surface area (Å²) >= 11 is 7.34. The van der Waals surface area contributed by atoms with Crippen molar-refractivity contribution in [2.75, 3.05) is 12.8 Å². The molecule has 2 heterocycles. The van der Waals surface area contributed by atoms with E-state index in [0.717, 1.165) is 4.90 Å². The number of halogens is 1. The van der Waals surface area contributed by atoms with Crippen LogP contribution in [-0.4, -0.2) is 22.1 Å². The lowest BCUT2D eigenvalue weighted by Crippen LogP contribution is -1.94. The topological polar surface area (TPSA) is 73.9 Å². The molecule has 0 amide bonds. The lowest BCUT2D eigenvalue weighted by atomic mass is 10.4. The van der Waals surface area contributed by atoms with Crippen molar-refractivity contribution in [3.05, 3.63) is 29.7 Å². The van der Waals surface area contributed by atoms with Crippen molar-refractivity contribution in [2.45, 2.75) is 9.92 Å². The van der Waals surface area contributed by atoms with Crippen LogP contribution in [0.25, 0.3) is 0 Å². The second-order valence-corrected chi connectivity index (χ2v) is 4.46. The molecule has 0 aliphatic carbocycles. The van der Waals surface area contributed by atoms with Gasteiger partial charge in [-0.1, -0.05) is 23.4 Å². The number of nitrogens with zero attached hydrogens (tertiary/aromatic N) is 3. The van der Waals surface area contributed by atoms with E-state index in [1.807, 2.05) is 0 Å². The Hall–Kier alpha value is -1.53. The highest BCUT2D eigenvalue weighted by molar-refractivity contribution is 7.99. The van der Waals surface area contributed by atoms with E-state index < -0.39 is 0 Å². The fourth-order valence-corrected chi connectivity index (χ4v) is 2.09. The summed E-state index contributed by atoms with van der Waals surface area (Å²) in [6.07, 6.45) is 4.73. The number of rotatable bonds is 3. The van der Waals surface area contributed by atoms with Crippen LogP contribution < -0.4 is 10.5 Å². The van der Waals surface area contributed by atoms with E-state index in [2.05, 4.69) is 15.0 Å². The minimum Gasteiger partial charge on any atom is -0.467 e. The van der Waals surface area contributed by atoms with Gasteiger partial charge >= 0.3 is 6.01 Å². The summed E-state index contributed by atoms with van der Waals surface area (Å²) in [5.41, 5.74) is 6.36. The van der Waals surface area contributed by atoms with E-state index in [9.17, 15) is 0 Å². The van der Waals surface area contributed by atoms with Crippen molar-refractivity contribution in [3.63, 3.8) is 0 Å². The molecule has 0 aromatic carbocycles. The summed E-state index contributed by atoms with van der Waals surface area (Å²) < 4.78 is 4.94. The minimum atomic E-state index is 0.268. The van der Waals surface area contributed by atoms with Crippen LogP contribution in [0.2, 0.25) is 5.02 Å². The molecule has 0 aliphatic rings. The minimum absolute atomic E-state index is 0.268. The Balaban J connectivity index is 2.32. The molecular weight excluding hydrogens is 260 g/mol. The van der Waals surface area contributed by atoms with Gasteiger partial charge in [0.05, 0.1) is 30.2 Å². The average molecular weight is 269 g/mol. The van der Waals surface area contributed by atoms with Gasteiger partial charge in [-0.25, -0.2) is 4.98 Å². The molecule has 0 saturated carbocycles. The fourth-order valence-electron chi connectivity index (χ4n) is 1.10. The average Bonchev–Trinajstić information content (AvgIpc) is 2.35. The summed E-state index contributed by atoms with van der Waals surface area (Å²) in [6.45, 7) is 0. The van der Waals surface area contributed by atoms with Crippen molar-refractivity contribution < 1.29 is 4.74 Å². The van der Waals surface area contributed by atoms with Crippen LogP contribution in [0.1, 0.15) is 0 Å². The Morgan fingerprint density at radius 1 is 1.41 bits per heavy atom. The Morgan fingerprint density at radius 2 is 2.24 bits per heavy atom. The van der Waals surface area contributed by atoms with Gasteiger partial charge in [-0.2, -0.15) is 4.98 Å². The van der Waals surface area contributed by atoms with Crippen LogP contribution in [0.4, 0.5) is 5.69 Å². The Morgan fingerprint density at radius 3 is 2.94 bits per heavy atom. The Bertz CT molecular complexity index is 537. The second-order valence-electron chi connectivity index (χ2n) is 3.03. The fraction of sp³-hybridized carbons (Fsp3) is 0.100. The zero-order valence-corrected chi connectivity index (χ0v) is 10.5. The number of nitrogen functional groups attached to an aromatic ring is 1. The van der Waals surface area contributed by atoms with E-state index in [0.29, 0.717) is 15.7 Å². The highest BCUT2D eigenvalue weighted by Gasteiger charge is 2.09. The van der Waals surface area contributed by atoms with Gasteiger partial charge in [-0.3, -0.25) is 4.98 Å². The number of hydrogen-bond donors (Lipinski definition) is 1. The summed E-state index contributed by atoms with van der Waals surface area (Å²) in [6, 6.07) is 2.06. The number of pyridine rings is 1. The number of anilines is 1. The van der Waals surface area contributed by atoms with Crippen molar-refractivity contribution in [1.82, 2.24) is 15.0 Å². The van der Waals surface area contributed by atoms with Crippen LogP contribution in [0.3, 0.4) is 0 Å². The van der Waals surface area contributed by atoms with Gasteiger partial charge in [0.15, 0.2) is 0 Å².